The molecule has 23 heavy (non-hydrogen) atoms. The molecule has 2 rings (SSSR count). The minimum atomic E-state index is -0.487. The number of ether oxygens (including phenoxy) is 1. The van der Waals surface area contributed by atoms with E-state index in [0.717, 1.165) is 24.4 Å². The average molecular weight is 323 g/mol. The van der Waals surface area contributed by atoms with Gasteiger partial charge in [-0.1, -0.05) is 0 Å². The maximum Gasteiger partial charge on any atom is 0.410 e. The lowest BCUT2D eigenvalue weighted by Gasteiger charge is -2.25. The zero-order chi connectivity index (χ0) is 17.2. The number of aliphatic hydroxyl groups excluding tert-OH is 1. The first kappa shape index (κ1) is 17.8. The van der Waals surface area contributed by atoms with Crippen molar-refractivity contribution in [2.24, 2.45) is 5.92 Å². The maximum atomic E-state index is 12.1. The highest BCUT2D eigenvalue weighted by Crippen LogP contribution is 2.24. The fourth-order valence-electron chi connectivity index (χ4n) is 3.01. The van der Waals surface area contributed by atoms with Crippen LogP contribution >= 0.6 is 0 Å². The Morgan fingerprint density at radius 3 is 2.83 bits per heavy atom. The van der Waals surface area contributed by atoms with Crippen molar-refractivity contribution in [1.29, 1.82) is 0 Å². The minimum Gasteiger partial charge on any atom is -0.444 e. The molecule has 1 aliphatic rings. The van der Waals surface area contributed by atoms with E-state index >= 15 is 0 Å². The summed E-state index contributed by atoms with van der Waals surface area (Å²) < 4.78 is 7.33. The van der Waals surface area contributed by atoms with Crippen molar-refractivity contribution in [3.05, 3.63) is 17.5 Å². The third-order valence-corrected chi connectivity index (χ3v) is 4.12. The molecule has 2 unspecified atom stereocenters. The van der Waals surface area contributed by atoms with E-state index in [0.29, 0.717) is 19.5 Å². The van der Waals surface area contributed by atoms with Crippen molar-refractivity contribution in [1.82, 2.24) is 14.7 Å². The van der Waals surface area contributed by atoms with Gasteiger partial charge >= 0.3 is 6.09 Å². The van der Waals surface area contributed by atoms with Crippen LogP contribution in [0.5, 0.6) is 0 Å². The Bertz CT molecular complexity index is 548. The van der Waals surface area contributed by atoms with Gasteiger partial charge in [0.1, 0.15) is 5.60 Å². The normalized spacial score (nSPS) is 19.9. The molecule has 0 aliphatic carbocycles. The fourth-order valence-corrected chi connectivity index (χ4v) is 3.01. The number of aliphatic hydroxyl groups is 1. The van der Waals surface area contributed by atoms with Gasteiger partial charge < -0.3 is 14.7 Å². The molecule has 1 amide bonds. The molecule has 2 heterocycles. The Morgan fingerprint density at radius 1 is 1.52 bits per heavy atom. The fraction of sp³-hybridized carbons (Fsp3) is 0.765. The van der Waals surface area contributed by atoms with E-state index < -0.39 is 11.7 Å². The summed E-state index contributed by atoms with van der Waals surface area (Å²) in [7, 11) is 0. The molecular formula is C17H29N3O3. The maximum absolute atomic E-state index is 12.1. The average Bonchev–Trinajstić information content (AvgIpc) is 3.03. The lowest BCUT2D eigenvalue weighted by atomic mass is 9.97. The Kier molecular flexibility index (Phi) is 5.34. The van der Waals surface area contributed by atoms with Crippen LogP contribution in [0, 0.1) is 12.8 Å². The molecule has 0 aromatic carbocycles. The van der Waals surface area contributed by atoms with Crippen LogP contribution in [0.2, 0.25) is 0 Å². The molecule has 1 fully saturated rings. The van der Waals surface area contributed by atoms with Crippen LogP contribution in [-0.2, 0) is 17.7 Å². The lowest BCUT2D eigenvalue weighted by molar-refractivity contribution is 0.0268. The zero-order valence-corrected chi connectivity index (χ0v) is 14.9. The molecule has 2 atom stereocenters. The summed E-state index contributed by atoms with van der Waals surface area (Å²) in [6.07, 6.45) is 0.617. The Morgan fingerprint density at radius 2 is 2.22 bits per heavy atom. The van der Waals surface area contributed by atoms with Gasteiger partial charge in [0.2, 0.25) is 0 Å². The molecule has 0 saturated carbocycles. The van der Waals surface area contributed by atoms with Crippen LogP contribution in [0.1, 0.15) is 45.5 Å². The number of rotatable bonds is 4. The highest BCUT2D eigenvalue weighted by atomic mass is 16.6. The molecule has 0 spiro atoms. The SMILES string of the molecule is CCn1nc(C)cc1CC(O)C1CCN(C(=O)OC(C)(C)C)C1. The highest BCUT2D eigenvalue weighted by Gasteiger charge is 2.33. The van der Waals surface area contributed by atoms with Crippen LogP contribution in [0.15, 0.2) is 6.07 Å². The molecular weight excluding hydrogens is 294 g/mol. The summed E-state index contributed by atoms with van der Waals surface area (Å²) in [5.41, 5.74) is 1.53. The van der Waals surface area contributed by atoms with Crippen molar-refractivity contribution in [2.45, 2.75) is 65.7 Å². The zero-order valence-electron chi connectivity index (χ0n) is 14.9. The van der Waals surface area contributed by atoms with Crippen molar-refractivity contribution in [2.75, 3.05) is 13.1 Å². The quantitative estimate of drug-likeness (QED) is 0.924. The Hall–Kier alpha value is -1.56. The van der Waals surface area contributed by atoms with Gasteiger partial charge in [-0.25, -0.2) is 4.79 Å². The summed E-state index contributed by atoms with van der Waals surface area (Å²) in [5.74, 6) is 0.0861. The van der Waals surface area contributed by atoms with Gasteiger partial charge in [0.05, 0.1) is 11.8 Å². The number of aromatic nitrogens is 2. The smallest absolute Gasteiger partial charge is 0.410 e. The second kappa shape index (κ2) is 6.91. The summed E-state index contributed by atoms with van der Waals surface area (Å²) in [5, 5.41) is 15.0. The third-order valence-electron chi connectivity index (χ3n) is 4.12. The van der Waals surface area contributed by atoms with Crippen molar-refractivity contribution >= 4 is 6.09 Å². The van der Waals surface area contributed by atoms with E-state index in [1.807, 2.05) is 45.4 Å². The Labute approximate surface area is 138 Å². The summed E-state index contributed by atoms with van der Waals surface area (Å²) in [4.78, 5) is 13.8. The van der Waals surface area contributed by atoms with Gasteiger partial charge in [0.15, 0.2) is 0 Å². The predicted octanol–water partition coefficient (Wildman–Crippen LogP) is 2.37. The second-order valence-electron chi connectivity index (χ2n) is 7.34. The number of amides is 1. The largest absolute Gasteiger partial charge is 0.444 e. The third kappa shape index (κ3) is 4.70. The van der Waals surface area contributed by atoms with Crippen LogP contribution in [0.25, 0.3) is 0 Å². The molecule has 1 saturated heterocycles. The molecule has 1 N–H and O–H groups in total. The molecule has 0 radical (unpaired) electrons. The van der Waals surface area contributed by atoms with Gasteiger partial charge in [-0.15, -0.1) is 0 Å². The molecule has 1 aromatic heterocycles. The van der Waals surface area contributed by atoms with Crippen LogP contribution in [0.3, 0.4) is 0 Å². The van der Waals surface area contributed by atoms with Gasteiger partial charge in [-0.05, 0) is 47.1 Å². The Balaban J connectivity index is 1.92. The van der Waals surface area contributed by atoms with Crippen LogP contribution < -0.4 is 0 Å². The standard InChI is InChI=1S/C17H29N3O3/c1-6-20-14(9-12(2)18-20)10-15(21)13-7-8-19(11-13)16(22)23-17(3,4)5/h9,13,15,21H,6-8,10-11H2,1-5H3. The van der Waals surface area contributed by atoms with E-state index in [2.05, 4.69) is 5.10 Å². The molecule has 0 bridgehead atoms. The molecule has 6 nitrogen and oxygen atoms in total. The van der Waals surface area contributed by atoms with E-state index in [4.69, 9.17) is 4.74 Å². The number of hydrogen-bond donors (Lipinski definition) is 1. The predicted molar refractivity (Wildman–Crippen MR) is 88.3 cm³/mol. The summed E-state index contributed by atoms with van der Waals surface area (Å²) >= 11 is 0. The van der Waals surface area contributed by atoms with E-state index in [9.17, 15) is 9.90 Å². The number of nitrogens with zero attached hydrogens (tertiary/aromatic N) is 3. The molecule has 1 aromatic rings. The highest BCUT2D eigenvalue weighted by molar-refractivity contribution is 5.68. The number of hydrogen-bond acceptors (Lipinski definition) is 4. The van der Waals surface area contributed by atoms with Crippen LogP contribution in [-0.4, -0.2) is 50.7 Å². The van der Waals surface area contributed by atoms with Gasteiger partial charge in [-0.3, -0.25) is 4.68 Å². The summed E-state index contributed by atoms with van der Waals surface area (Å²) in [6, 6.07) is 2.02. The number of likely N-dealkylation sites (tertiary alicyclic amines) is 1. The van der Waals surface area contributed by atoms with Gasteiger partial charge in [-0.2, -0.15) is 5.10 Å². The minimum absolute atomic E-state index is 0.0861. The molecule has 6 heteroatoms. The van der Waals surface area contributed by atoms with Crippen LogP contribution in [0.4, 0.5) is 4.79 Å². The first-order chi connectivity index (χ1) is 10.7. The van der Waals surface area contributed by atoms with E-state index in [-0.39, 0.29) is 12.0 Å². The first-order valence-electron chi connectivity index (χ1n) is 8.39. The molecule has 130 valence electrons. The van der Waals surface area contributed by atoms with Crippen molar-refractivity contribution in [3.8, 4) is 0 Å². The lowest BCUT2D eigenvalue weighted by Crippen LogP contribution is -2.36. The number of aryl methyl sites for hydroxylation is 2. The van der Waals surface area contributed by atoms with Gasteiger partial charge in [0, 0.05) is 37.7 Å². The van der Waals surface area contributed by atoms with Gasteiger partial charge in [0.25, 0.3) is 0 Å². The van der Waals surface area contributed by atoms with Crippen molar-refractivity contribution < 1.29 is 14.6 Å². The van der Waals surface area contributed by atoms with E-state index in [1.165, 1.54) is 0 Å². The van der Waals surface area contributed by atoms with E-state index in [1.54, 1.807) is 4.90 Å². The number of carbonyl (C=O) groups is 1. The second-order valence-corrected chi connectivity index (χ2v) is 7.34. The molecule has 1 aliphatic heterocycles. The first-order valence-corrected chi connectivity index (χ1v) is 8.39. The topological polar surface area (TPSA) is 67.6 Å². The van der Waals surface area contributed by atoms with Crippen molar-refractivity contribution in [3.63, 3.8) is 0 Å². The number of carbonyl (C=O) groups excluding carboxylic acids is 1. The monoisotopic (exact) mass is 323 g/mol. The summed E-state index contributed by atoms with van der Waals surface area (Å²) in [6.45, 7) is 11.6.